The van der Waals surface area contributed by atoms with Gasteiger partial charge in [0.25, 0.3) is 5.91 Å². The van der Waals surface area contributed by atoms with Crippen LogP contribution in [0.3, 0.4) is 0 Å². The Labute approximate surface area is 199 Å². The van der Waals surface area contributed by atoms with E-state index in [1.165, 1.54) is 18.0 Å². The van der Waals surface area contributed by atoms with Crippen LogP contribution < -0.4 is 10.2 Å². The van der Waals surface area contributed by atoms with Crippen LogP contribution in [0.1, 0.15) is 5.76 Å². The summed E-state index contributed by atoms with van der Waals surface area (Å²) in [6.45, 7) is -0.146. The molecular weight excluding hydrogens is 448 g/mol. The number of H-pyrrole nitrogens is 1. The third-order valence-corrected chi connectivity index (χ3v) is 5.69. The van der Waals surface area contributed by atoms with Gasteiger partial charge in [-0.2, -0.15) is 5.10 Å². The number of aromatic nitrogens is 2. The Kier molecular flexibility index (Phi) is 6.40. The van der Waals surface area contributed by atoms with E-state index in [2.05, 4.69) is 20.5 Å². The Balaban J connectivity index is 1.09. The van der Waals surface area contributed by atoms with E-state index in [9.17, 15) is 4.79 Å². The number of para-hydroxylation sites is 2. The maximum atomic E-state index is 12.0. The third kappa shape index (κ3) is 5.36. The number of furan rings is 1. The monoisotopic (exact) mass is 468 g/mol. The van der Waals surface area contributed by atoms with Gasteiger partial charge in [-0.25, -0.2) is 10.4 Å². The van der Waals surface area contributed by atoms with Crippen molar-refractivity contribution in [1.29, 1.82) is 0 Å². The third-order valence-electron chi connectivity index (χ3n) is 4.88. The van der Waals surface area contributed by atoms with Crippen molar-refractivity contribution in [3.05, 3.63) is 96.8 Å². The molecule has 168 valence electrons. The molecule has 0 aliphatic heterocycles. The second-order valence-electron chi connectivity index (χ2n) is 7.29. The number of rotatable bonds is 8. The highest BCUT2D eigenvalue weighted by molar-refractivity contribution is 7.99. The Morgan fingerprint density at radius 1 is 0.971 bits per heavy atom. The largest absolute Gasteiger partial charge is 0.484 e. The van der Waals surface area contributed by atoms with Gasteiger partial charge in [0.2, 0.25) is 0 Å². The Morgan fingerprint density at radius 3 is 2.56 bits per heavy atom. The maximum absolute atomic E-state index is 12.0. The predicted molar refractivity (Wildman–Crippen MR) is 132 cm³/mol. The van der Waals surface area contributed by atoms with E-state index in [1.807, 2.05) is 84.9 Å². The summed E-state index contributed by atoms with van der Waals surface area (Å²) in [7, 11) is 0. The minimum absolute atomic E-state index is 0.146. The van der Waals surface area contributed by atoms with Crippen molar-refractivity contribution in [2.75, 3.05) is 6.61 Å². The average Bonchev–Trinajstić information content (AvgIpc) is 3.50. The van der Waals surface area contributed by atoms with Crippen LogP contribution in [0.25, 0.3) is 22.2 Å². The van der Waals surface area contributed by atoms with Crippen molar-refractivity contribution < 1.29 is 13.9 Å². The van der Waals surface area contributed by atoms with E-state index in [0.29, 0.717) is 16.6 Å². The number of fused-ring (bicyclic) bond motifs is 1. The molecule has 0 atom stereocenters. The molecule has 8 heteroatoms. The van der Waals surface area contributed by atoms with Crippen molar-refractivity contribution in [3.8, 4) is 16.9 Å². The Hall–Kier alpha value is -4.30. The van der Waals surface area contributed by atoms with E-state index in [1.54, 1.807) is 6.07 Å². The van der Waals surface area contributed by atoms with Gasteiger partial charge in [-0.1, -0.05) is 54.6 Å². The zero-order valence-corrected chi connectivity index (χ0v) is 18.8. The molecule has 0 aliphatic carbocycles. The lowest BCUT2D eigenvalue weighted by Gasteiger charge is -2.06. The fourth-order valence-electron chi connectivity index (χ4n) is 3.25. The van der Waals surface area contributed by atoms with Crippen LogP contribution in [0.4, 0.5) is 0 Å². The first kappa shape index (κ1) is 21.5. The molecule has 2 N–H and O–H groups in total. The number of hydrogen-bond acceptors (Lipinski definition) is 6. The highest BCUT2D eigenvalue weighted by atomic mass is 32.2. The predicted octanol–water partition coefficient (Wildman–Crippen LogP) is 5.50. The summed E-state index contributed by atoms with van der Waals surface area (Å²) in [4.78, 5) is 19.8. The van der Waals surface area contributed by atoms with Gasteiger partial charge < -0.3 is 14.1 Å². The first-order chi connectivity index (χ1) is 16.7. The highest BCUT2D eigenvalue weighted by Gasteiger charge is 2.08. The van der Waals surface area contributed by atoms with Gasteiger partial charge in [-0.05, 0) is 59.3 Å². The van der Waals surface area contributed by atoms with Gasteiger partial charge in [0, 0.05) is 0 Å². The molecule has 0 saturated heterocycles. The molecule has 34 heavy (non-hydrogen) atoms. The lowest BCUT2D eigenvalue weighted by Crippen LogP contribution is -2.24. The van der Waals surface area contributed by atoms with E-state index >= 15 is 0 Å². The van der Waals surface area contributed by atoms with Gasteiger partial charge in [-0.15, -0.1) is 0 Å². The minimum atomic E-state index is -0.369. The number of benzene rings is 3. The fourth-order valence-corrected chi connectivity index (χ4v) is 4.02. The standard InChI is InChI=1S/C26H20N4O3S/c31-24(17-32-20-12-10-19(11-13-20)18-6-2-1-3-7-18)30-27-16-21-14-15-25(33-21)34-26-28-22-8-4-5-9-23(22)29-26/h1-16H,17H2,(H,28,29)(H,30,31)/b27-16+. The smallest absolute Gasteiger partial charge is 0.277 e. The molecule has 2 heterocycles. The van der Waals surface area contributed by atoms with Crippen LogP contribution in [-0.2, 0) is 4.79 Å². The lowest BCUT2D eigenvalue weighted by atomic mass is 10.1. The summed E-state index contributed by atoms with van der Waals surface area (Å²) >= 11 is 1.38. The van der Waals surface area contributed by atoms with Gasteiger partial charge in [0.1, 0.15) is 11.5 Å². The summed E-state index contributed by atoms with van der Waals surface area (Å²) < 4.78 is 11.2. The maximum Gasteiger partial charge on any atom is 0.277 e. The number of ether oxygens (including phenoxy) is 1. The van der Waals surface area contributed by atoms with Crippen molar-refractivity contribution in [3.63, 3.8) is 0 Å². The van der Waals surface area contributed by atoms with Crippen molar-refractivity contribution in [2.45, 2.75) is 10.2 Å². The van der Waals surface area contributed by atoms with E-state index in [0.717, 1.165) is 27.3 Å². The molecule has 0 radical (unpaired) electrons. The zero-order chi connectivity index (χ0) is 23.2. The molecule has 5 aromatic rings. The molecule has 7 nitrogen and oxygen atoms in total. The number of nitrogens with one attached hydrogen (secondary N) is 2. The van der Waals surface area contributed by atoms with Gasteiger partial charge in [0.05, 0.1) is 17.2 Å². The molecule has 2 aromatic heterocycles. The molecule has 0 unspecified atom stereocenters. The van der Waals surface area contributed by atoms with Gasteiger partial charge >= 0.3 is 0 Å². The molecule has 5 rings (SSSR count). The van der Waals surface area contributed by atoms with Crippen LogP contribution in [0.5, 0.6) is 5.75 Å². The molecular formula is C26H20N4O3S. The average molecular weight is 469 g/mol. The van der Waals surface area contributed by atoms with Crippen LogP contribution in [0.15, 0.2) is 111 Å². The molecule has 1 amide bonds. The number of carbonyl (C=O) groups is 1. The topological polar surface area (TPSA) is 92.5 Å². The highest BCUT2D eigenvalue weighted by Crippen LogP contribution is 2.28. The van der Waals surface area contributed by atoms with Crippen molar-refractivity contribution in [2.24, 2.45) is 5.10 Å². The lowest BCUT2D eigenvalue weighted by molar-refractivity contribution is -0.123. The quantitative estimate of drug-likeness (QED) is 0.232. The first-order valence-corrected chi connectivity index (χ1v) is 11.4. The number of amides is 1. The SMILES string of the molecule is O=C(COc1ccc(-c2ccccc2)cc1)N/N=C/c1ccc(Sc2nc3ccccc3[nH]2)o1. The summed E-state index contributed by atoms with van der Waals surface area (Å²) in [5.74, 6) is 0.750. The second kappa shape index (κ2) is 10.1. The Bertz CT molecular complexity index is 1390. The van der Waals surface area contributed by atoms with Crippen LogP contribution in [0.2, 0.25) is 0 Å². The van der Waals surface area contributed by atoms with E-state index in [-0.39, 0.29) is 12.5 Å². The molecule has 0 spiro atoms. The molecule has 0 saturated carbocycles. The Morgan fingerprint density at radius 2 is 1.74 bits per heavy atom. The second-order valence-corrected chi connectivity index (χ2v) is 8.28. The van der Waals surface area contributed by atoms with Crippen LogP contribution in [0, 0.1) is 0 Å². The summed E-state index contributed by atoms with van der Waals surface area (Å²) in [6.07, 6.45) is 1.44. The first-order valence-electron chi connectivity index (χ1n) is 10.6. The molecule has 0 aliphatic rings. The zero-order valence-electron chi connectivity index (χ0n) is 18.0. The van der Waals surface area contributed by atoms with Gasteiger partial charge in [0.15, 0.2) is 16.9 Å². The summed E-state index contributed by atoms with van der Waals surface area (Å²) in [5, 5.41) is 5.33. The molecule has 0 bridgehead atoms. The number of carbonyl (C=O) groups excluding carboxylic acids is 1. The van der Waals surface area contributed by atoms with Crippen LogP contribution >= 0.6 is 11.8 Å². The number of imidazole rings is 1. The summed E-state index contributed by atoms with van der Waals surface area (Å²) in [6, 6.07) is 29.0. The van der Waals surface area contributed by atoms with E-state index < -0.39 is 0 Å². The molecule has 0 fully saturated rings. The number of nitrogens with zero attached hydrogens (tertiary/aromatic N) is 2. The fraction of sp³-hybridized carbons (Fsp3) is 0.0385. The minimum Gasteiger partial charge on any atom is -0.484 e. The van der Waals surface area contributed by atoms with Crippen molar-refractivity contribution in [1.82, 2.24) is 15.4 Å². The van der Waals surface area contributed by atoms with Crippen molar-refractivity contribution >= 4 is 34.9 Å². The molecule has 3 aromatic carbocycles. The van der Waals surface area contributed by atoms with Crippen LogP contribution in [-0.4, -0.2) is 28.7 Å². The number of hydrogen-bond donors (Lipinski definition) is 2. The summed E-state index contributed by atoms with van der Waals surface area (Å²) in [5.41, 5.74) is 6.51. The normalized spacial score (nSPS) is 11.2. The van der Waals surface area contributed by atoms with Gasteiger partial charge in [-0.3, -0.25) is 4.79 Å². The number of hydrazone groups is 1. The number of aromatic amines is 1. The van der Waals surface area contributed by atoms with E-state index in [4.69, 9.17) is 9.15 Å².